The summed E-state index contributed by atoms with van der Waals surface area (Å²) in [6, 6.07) is 12.3. The zero-order valence-electron chi connectivity index (χ0n) is 15.0. The first-order chi connectivity index (χ1) is 13.2. The lowest BCUT2D eigenvalue weighted by Crippen LogP contribution is -2.36. The van der Waals surface area contributed by atoms with Gasteiger partial charge < -0.3 is 14.9 Å². The number of thiophene rings is 1. The van der Waals surface area contributed by atoms with E-state index in [0.29, 0.717) is 12.1 Å². The van der Waals surface area contributed by atoms with Gasteiger partial charge in [0.15, 0.2) is 0 Å². The van der Waals surface area contributed by atoms with Crippen molar-refractivity contribution in [2.24, 2.45) is 0 Å². The second-order valence-electron chi connectivity index (χ2n) is 6.92. The van der Waals surface area contributed by atoms with Gasteiger partial charge in [-0.2, -0.15) is 0 Å². The Hall–Kier alpha value is -2.44. The molecule has 1 aromatic heterocycles. The van der Waals surface area contributed by atoms with E-state index in [0.717, 1.165) is 24.5 Å². The van der Waals surface area contributed by atoms with Crippen LogP contribution in [-0.4, -0.2) is 52.8 Å². The molecule has 27 heavy (non-hydrogen) atoms. The van der Waals surface area contributed by atoms with Gasteiger partial charge in [0.05, 0.1) is 11.6 Å². The van der Waals surface area contributed by atoms with E-state index in [1.54, 1.807) is 29.2 Å². The summed E-state index contributed by atoms with van der Waals surface area (Å²) in [7, 11) is 0. The summed E-state index contributed by atoms with van der Waals surface area (Å²) >= 11 is 1.50. The number of carbonyl (C=O) groups is 2. The van der Waals surface area contributed by atoms with Crippen LogP contribution in [0.1, 0.15) is 29.3 Å². The number of hydrogen-bond donors (Lipinski definition) is 1. The highest BCUT2D eigenvalue weighted by atomic mass is 32.1. The number of hydrogen-bond acceptors (Lipinski definition) is 5. The summed E-state index contributed by atoms with van der Waals surface area (Å²) in [4.78, 5) is 30.4. The van der Waals surface area contributed by atoms with Gasteiger partial charge in [0, 0.05) is 23.5 Å². The third kappa shape index (κ3) is 3.42. The van der Waals surface area contributed by atoms with Crippen molar-refractivity contribution in [1.29, 1.82) is 0 Å². The molecule has 2 aromatic rings. The molecule has 1 atom stereocenters. The summed E-state index contributed by atoms with van der Waals surface area (Å²) in [5.41, 5.74) is 0.742. The summed E-state index contributed by atoms with van der Waals surface area (Å²) in [5, 5.41) is 12.8. The third-order valence-corrected chi connectivity index (χ3v) is 6.18. The van der Waals surface area contributed by atoms with Crippen molar-refractivity contribution in [2.45, 2.75) is 18.9 Å². The molecule has 2 aliphatic rings. The minimum atomic E-state index is -0.601. The van der Waals surface area contributed by atoms with E-state index in [9.17, 15) is 14.7 Å². The lowest BCUT2D eigenvalue weighted by molar-refractivity contribution is -0.140. The molecular weight excluding hydrogens is 360 g/mol. The number of benzene rings is 1. The molecule has 0 saturated carbocycles. The number of likely N-dealkylation sites (tertiary alicyclic amines) is 2. The van der Waals surface area contributed by atoms with Crippen LogP contribution in [0.4, 0.5) is 0 Å². The van der Waals surface area contributed by atoms with Crippen molar-refractivity contribution in [3.8, 4) is 0 Å². The fraction of sp³-hybridized carbons (Fsp3) is 0.333. The Bertz CT molecular complexity index is 855. The maximum absolute atomic E-state index is 12.8. The fourth-order valence-corrected chi connectivity index (χ4v) is 4.71. The largest absolute Gasteiger partial charge is 0.507 e. The molecule has 5 nitrogen and oxygen atoms in total. The highest BCUT2D eigenvalue weighted by molar-refractivity contribution is 7.10. The maximum atomic E-state index is 12.8. The Morgan fingerprint density at radius 2 is 1.78 bits per heavy atom. The molecule has 2 fully saturated rings. The van der Waals surface area contributed by atoms with E-state index >= 15 is 0 Å². The summed E-state index contributed by atoms with van der Waals surface area (Å²) in [6.07, 6.45) is 2.36. The Balaban J connectivity index is 1.71. The number of aliphatic hydroxyl groups excluding tert-OH is 1. The van der Waals surface area contributed by atoms with Crippen LogP contribution in [0.3, 0.4) is 0 Å². The fourth-order valence-electron chi connectivity index (χ4n) is 3.86. The number of Topliss-reactive ketones (excluding diaryl/α,β-unsaturated/α-hetero) is 1. The normalized spacial score (nSPS) is 22.7. The monoisotopic (exact) mass is 382 g/mol. The van der Waals surface area contributed by atoms with Crippen LogP contribution in [0, 0.1) is 0 Å². The molecule has 4 rings (SSSR count). The minimum absolute atomic E-state index is 0.101. The summed E-state index contributed by atoms with van der Waals surface area (Å²) in [5.74, 6) is -1.22. The molecule has 2 aliphatic heterocycles. The highest BCUT2D eigenvalue weighted by Gasteiger charge is 2.46. The molecule has 0 bridgehead atoms. The van der Waals surface area contributed by atoms with Crippen LogP contribution in [-0.2, 0) is 9.59 Å². The van der Waals surface area contributed by atoms with E-state index in [1.807, 2.05) is 23.6 Å². The molecule has 0 radical (unpaired) electrons. The zero-order chi connectivity index (χ0) is 18.8. The maximum Gasteiger partial charge on any atom is 0.295 e. The van der Waals surface area contributed by atoms with Crippen molar-refractivity contribution < 1.29 is 14.7 Å². The summed E-state index contributed by atoms with van der Waals surface area (Å²) < 4.78 is 0. The number of aliphatic hydroxyl groups is 1. The molecule has 1 aromatic carbocycles. The van der Waals surface area contributed by atoms with Gasteiger partial charge in [-0.15, -0.1) is 11.3 Å². The summed E-state index contributed by atoms with van der Waals surface area (Å²) in [6.45, 7) is 3.31. The van der Waals surface area contributed by atoms with Crippen molar-refractivity contribution in [2.75, 3.05) is 26.2 Å². The highest BCUT2D eigenvalue weighted by Crippen LogP contribution is 2.40. The van der Waals surface area contributed by atoms with E-state index in [4.69, 9.17) is 0 Å². The van der Waals surface area contributed by atoms with Crippen LogP contribution in [0.15, 0.2) is 53.4 Å². The van der Waals surface area contributed by atoms with E-state index in [-0.39, 0.29) is 11.3 Å². The van der Waals surface area contributed by atoms with Gasteiger partial charge >= 0.3 is 0 Å². The van der Waals surface area contributed by atoms with Gasteiger partial charge in [-0.25, -0.2) is 0 Å². The molecule has 2 saturated heterocycles. The molecule has 3 heterocycles. The molecule has 1 amide bonds. The average Bonchev–Trinajstić information content (AvgIpc) is 3.44. The number of amides is 1. The molecule has 1 N–H and O–H groups in total. The number of nitrogens with zero attached hydrogens (tertiary/aromatic N) is 2. The van der Waals surface area contributed by atoms with E-state index in [1.165, 1.54) is 24.2 Å². The first kappa shape index (κ1) is 17.9. The smallest absolute Gasteiger partial charge is 0.295 e. The second kappa shape index (κ2) is 7.66. The average molecular weight is 382 g/mol. The van der Waals surface area contributed by atoms with Gasteiger partial charge in [0.2, 0.25) is 0 Å². The molecular formula is C21H22N2O3S. The van der Waals surface area contributed by atoms with Gasteiger partial charge in [0.25, 0.3) is 11.7 Å². The first-order valence-corrected chi connectivity index (χ1v) is 10.1. The second-order valence-corrected chi connectivity index (χ2v) is 7.90. The first-order valence-electron chi connectivity index (χ1n) is 9.26. The van der Waals surface area contributed by atoms with Crippen LogP contribution >= 0.6 is 11.3 Å². The quantitative estimate of drug-likeness (QED) is 0.490. The van der Waals surface area contributed by atoms with Crippen molar-refractivity contribution in [3.63, 3.8) is 0 Å². The third-order valence-electron chi connectivity index (χ3n) is 5.26. The number of rotatable bonds is 5. The lowest BCUT2D eigenvalue weighted by Gasteiger charge is -2.26. The van der Waals surface area contributed by atoms with Gasteiger partial charge in [-0.3, -0.25) is 9.59 Å². The molecule has 140 valence electrons. The van der Waals surface area contributed by atoms with Crippen LogP contribution in [0.5, 0.6) is 0 Å². The van der Waals surface area contributed by atoms with E-state index in [2.05, 4.69) is 4.90 Å². The number of ketones is 1. The lowest BCUT2D eigenvalue weighted by atomic mass is 10.00. The standard InChI is InChI=1S/C21H22N2O3S/c24-19(15-7-2-1-3-8-15)17-18(16-9-6-14-27-16)23(21(26)20(17)25)13-12-22-10-4-5-11-22/h1-3,6-9,14,18,24H,4-5,10-13H2/b19-17+. The Kier molecular flexibility index (Phi) is 5.09. The molecule has 0 spiro atoms. The Labute approximate surface area is 162 Å². The van der Waals surface area contributed by atoms with Crippen molar-refractivity contribution in [3.05, 3.63) is 63.9 Å². The van der Waals surface area contributed by atoms with Gasteiger partial charge in [0.1, 0.15) is 5.76 Å². The zero-order valence-corrected chi connectivity index (χ0v) is 15.8. The molecule has 1 unspecified atom stereocenters. The minimum Gasteiger partial charge on any atom is -0.507 e. The van der Waals surface area contributed by atoms with Crippen molar-refractivity contribution in [1.82, 2.24) is 9.80 Å². The Morgan fingerprint density at radius 3 is 2.44 bits per heavy atom. The predicted octanol–water partition coefficient (Wildman–Crippen LogP) is 3.27. The molecule has 6 heteroatoms. The molecule has 0 aliphatic carbocycles. The van der Waals surface area contributed by atoms with Crippen LogP contribution in [0.25, 0.3) is 5.76 Å². The Morgan fingerprint density at radius 1 is 1.04 bits per heavy atom. The SMILES string of the molecule is O=C1C(=O)N(CCN2CCCC2)C(c2cccs2)/C1=C(\O)c1ccccc1. The number of carbonyl (C=O) groups excluding carboxylic acids is 2. The van der Waals surface area contributed by atoms with Gasteiger partial charge in [-0.05, 0) is 37.4 Å². The van der Waals surface area contributed by atoms with Gasteiger partial charge in [-0.1, -0.05) is 36.4 Å². The van der Waals surface area contributed by atoms with Crippen molar-refractivity contribution >= 4 is 28.8 Å². The van der Waals surface area contributed by atoms with E-state index < -0.39 is 17.7 Å². The predicted molar refractivity (Wildman–Crippen MR) is 105 cm³/mol. The topological polar surface area (TPSA) is 60.9 Å². The van der Waals surface area contributed by atoms with Crippen LogP contribution < -0.4 is 0 Å². The van der Waals surface area contributed by atoms with Crippen LogP contribution in [0.2, 0.25) is 0 Å².